The van der Waals surface area contributed by atoms with E-state index in [0.717, 1.165) is 5.92 Å². The molecule has 2 atom stereocenters. The molecule has 0 N–H and O–H groups in total. The summed E-state index contributed by atoms with van der Waals surface area (Å²) in [4.78, 5) is 0. The molecule has 1 aromatic carbocycles. The van der Waals surface area contributed by atoms with Crippen LogP contribution in [0.25, 0.3) is 0 Å². The molecule has 0 aromatic heterocycles. The highest BCUT2D eigenvalue weighted by Gasteiger charge is 2.52. The van der Waals surface area contributed by atoms with Crippen LogP contribution in [0.2, 0.25) is 0 Å². The van der Waals surface area contributed by atoms with E-state index < -0.39 is 0 Å². The summed E-state index contributed by atoms with van der Waals surface area (Å²) in [7, 11) is 0. The van der Waals surface area contributed by atoms with Crippen LogP contribution in [-0.2, 0) is 5.41 Å². The van der Waals surface area contributed by atoms with E-state index in [1.807, 2.05) is 0 Å². The van der Waals surface area contributed by atoms with Crippen molar-refractivity contribution in [3.05, 3.63) is 59.7 Å². The van der Waals surface area contributed by atoms with Gasteiger partial charge in [0.15, 0.2) is 0 Å². The third-order valence-corrected chi connectivity index (χ3v) is 3.55. The average molecular weight is 182 g/mol. The van der Waals surface area contributed by atoms with Gasteiger partial charge >= 0.3 is 0 Å². The summed E-state index contributed by atoms with van der Waals surface area (Å²) in [5, 5.41) is 0. The number of hydrogen-bond donors (Lipinski definition) is 0. The second kappa shape index (κ2) is 2.60. The molecule has 1 fully saturated rings. The van der Waals surface area contributed by atoms with Crippen LogP contribution in [-0.4, -0.2) is 0 Å². The molecule has 0 spiro atoms. The van der Waals surface area contributed by atoms with Crippen molar-refractivity contribution in [3.63, 3.8) is 0 Å². The highest BCUT2D eigenvalue weighted by Crippen LogP contribution is 2.58. The van der Waals surface area contributed by atoms with Crippen LogP contribution in [0.15, 0.2) is 48.6 Å². The van der Waals surface area contributed by atoms with E-state index in [4.69, 9.17) is 0 Å². The van der Waals surface area contributed by atoms with E-state index in [9.17, 15) is 0 Å². The number of aryl methyl sites for hydroxylation is 1. The highest BCUT2D eigenvalue weighted by molar-refractivity contribution is 5.48. The van der Waals surface area contributed by atoms with Gasteiger partial charge in [-0.3, -0.25) is 0 Å². The summed E-state index contributed by atoms with van der Waals surface area (Å²) in [5.41, 5.74) is 3.31. The molecule has 0 bridgehead atoms. The van der Waals surface area contributed by atoms with Crippen molar-refractivity contribution >= 4 is 0 Å². The van der Waals surface area contributed by atoms with Gasteiger partial charge in [-0.05, 0) is 30.4 Å². The second-order valence-electron chi connectivity index (χ2n) is 4.41. The molecule has 0 heteroatoms. The Morgan fingerprint density at radius 1 is 1.21 bits per heavy atom. The lowest BCUT2D eigenvalue weighted by Crippen LogP contribution is -2.09. The third kappa shape index (κ3) is 0.942. The van der Waals surface area contributed by atoms with Crippen LogP contribution in [0.4, 0.5) is 0 Å². The van der Waals surface area contributed by atoms with E-state index in [-0.39, 0.29) is 0 Å². The van der Waals surface area contributed by atoms with Gasteiger partial charge in [-0.15, -0.1) is 0 Å². The van der Waals surface area contributed by atoms with Crippen LogP contribution in [0.3, 0.4) is 0 Å². The monoisotopic (exact) mass is 182 g/mol. The molecule has 3 rings (SSSR count). The normalized spacial score (nSPS) is 32.8. The van der Waals surface area contributed by atoms with Gasteiger partial charge in [0.2, 0.25) is 0 Å². The minimum atomic E-state index is 0.361. The van der Waals surface area contributed by atoms with Gasteiger partial charge in [0, 0.05) is 5.41 Å². The van der Waals surface area contributed by atoms with Gasteiger partial charge in [-0.2, -0.15) is 0 Å². The van der Waals surface area contributed by atoms with Crippen molar-refractivity contribution in [2.24, 2.45) is 5.92 Å². The quantitative estimate of drug-likeness (QED) is 0.624. The SMILES string of the molecule is Cc1ccccc1C12C=CC=CC1C2. The van der Waals surface area contributed by atoms with Crippen LogP contribution in [0, 0.1) is 12.8 Å². The molecule has 2 aliphatic carbocycles. The Morgan fingerprint density at radius 2 is 2.07 bits per heavy atom. The molecule has 0 amide bonds. The minimum Gasteiger partial charge on any atom is -0.0802 e. The number of allylic oxidation sites excluding steroid dienone is 4. The second-order valence-corrected chi connectivity index (χ2v) is 4.41. The molecule has 0 radical (unpaired) electrons. The van der Waals surface area contributed by atoms with Crippen LogP contribution < -0.4 is 0 Å². The smallest absolute Gasteiger partial charge is 0.0207 e. The van der Waals surface area contributed by atoms with Crippen molar-refractivity contribution < 1.29 is 0 Å². The summed E-state index contributed by atoms with van der Waals surface area (Å²) in [6.07, 6.45) is 10.4. The molecule has 70 valence electrons. The zero-order valence-electron chi connectivity index (χ0n) is 8.40. The largest absolute Gasteiger partial charge is 0.0802 e. The number of fused-ring (bicyclic) bond motifs is 1. The number of rotatable bonds is 1. The van der Waals surface area contributed by atoms with E-state index in [0.29, 0.717) is 5.41 Å². The maximum Gasteiger partial charge on any atom is 0.0207 e. The molecule has 14 heavy (non-hydrogen) atoms. The van der Waals surface area contributed by atoms with Crippen LogP contribution in [0.1, 0.15) is 17.5 Å². The predicted molar refractivity (Wildman–Crippen MR) is 59.2 cm³/mol. The van der Waals surface area contributed by atoms with Gasteiger partial charge in [0.25, 0.3) is 0 Å². The summed E-state index contributed by atoms with van der Waals surface area (Å²) in [5.74, 6) is 0.758. The first-order chi connectivity index (χ1) is 6.83. The Balaban J connectivity index is 2.09. The molecule has 0 aliphatic heterocycles. The molecule has 0 nitrogen and oxygen atoms in total. The van der Waals surface area contributed by atoms with E-state index >= 15 is 0 Å². The Hall–Kier alpha value is -1.30. The van der Waals surface area contributed by atoms with Crippen molar-refractivity contribution in [3.8, 4) is 0 Å². The number of hydrogen-bond acceptors (Lipinski definition) is 0. The van der Waals surface area contributed by atoms with E-state index in [2.05, 4.69) is 55.5 Å². The maximum atomic E-state index is 2.38. The predicted octanol–water partition coefficient (Wildman–Crippen LogP) is 3.38. The highest BCUT2D eigenvalue weighted by atomic mass is 14.6. The molecule has 0 saturated heterocycles. The first-order valence-electron chi connectivity index (χ1n) is 5.25. The summed E-state index contributed by atoms with van der Waals surface area (Å²) in [6.45, 7) is 2.21. The van der Waals surface area contributed by atoms with Crippen molar-refractivity contribution in [2.75, 3.05) is 0 Å². The molecule has 1 saturated carbocycles. The first-order valence-corrected chi connectivity index (χ1v) is 5.25. The van der Waals surface area contributed by atoms with Gasteiger partial charge in [-0.25, -0.2) is 0 Å². The van der Waals surface area contributed by atoms with E-state index in [1.54, 1.807) is 0 Å². The fourth-order valence-electron chi connectivity index (χ4n) is 2.66. The first kappa shape index (κ1) is 8.05. The van der Waals surface area contributed by atoms with E-state index in [1.165, 1.54) is 17.5 Å². The molecular weight excluding hydrogens is 168 g/mol. The Morgan fingerprint density at radius 3 is 2.86 bits per heavy atom. The summed E-state index contributed by atoms with van der Waals surface area (Å²) in [6, 6.07) is 8.76. The Bertz CT molecular complexity index is 425. The maximum absolute atomic E-state index is 2.38. The Kier molecular flexibility index (Phi) is 1.49. The third-order valence-electron chi connectivity index (χ3n) is 3.55. The van der Waals surface area contributed by atoms with Gasteiger partial charge < -0.3 is 0 Å². The number of benzene rings is 1. The average Bonchev–Trinajstić information content (AvgIpc) is 2.93. The van der Waals surface area contributed by atoms with Crippen molar-refractivity contribution in [1.29, 1.82) is 0 Å². The Labute approximate surface area is 85.0 Å². The molecular formula is C14H14. The fraction of sp³-hybridized carbons (Fsp3) is 0.286. The van der Waals surface area contributed by atoms with Gasteiger partial charge in [-0.1, -0.05) is 48.6 Å². The lowest BCUT2D eigenvalue weighted by Gasteiger charge is -2.16. The molecule has 2 aliphatic rings. The molecule has 0 heterocycles. The lowest BCUT2D eigenvalue weighted by molar-refractivity contribution is 0.809. The topological polar surface area (TPSA) is 0 Å². The van der Waals surface area contributed by atoms with Crippen LogP contribution in [0.5, 0.6) is 0 Å². The zero-order valence-corrected chi connectivity index (χ0v) is 8.40. The minimum absolute atomic E-state index is 0.361. The lowest BCUT2D eigenvalue weighted by atomic mass is 9.87. The zero-order chi connectivity index (χ0) is 9.60. The van der Waals surface area contributed by atoms with Crippen LogP contribution >= 0.6 is 0 Å². The summed E-state index contributed by atoms with van der Waals surface area (Å²) >= 11 is 0. The van der Waals surface area contributed by atoms with Gasteiger partial charge in [0.1, 0.15) is 0 Å². The van der Waals surface area contributed by atoms with Crippen molar-refractivity contribution in [2.45, 2.75) is 18.8 Å². The molecule has 2 unspecified atom stereocenters. The summed E-state index contributed by atoms with van der Waals surface area (Å²) < 4.78 is 0. The fourth-order valence-corrected chi connectivity index (χ4v) is 2.66. The molecule has 1 aromatic rings. The van der Waals surface area contributed by atoms with Gasteiger partial charge in [0.05, 0.1) is 0 Å². The standard InChI is InChI=1S/C14H14/c1-11-6-2-3-8-13(11)14-9-5-4-7-12(14)10-14/h2-9,12H,10H2,1H3. The van der Waals surface area contributed by atoms with Crippen molar-refractivity contribution in [1.82, 2.24) is 0 Å².